The second kappa shape index (κ2) is 8.12. The van der Waals surface area contributed by atoms with Gasteiger partial charge in [-0.3, -0.25) is 4.90 Å². The van der Waals surface area contributed by atoms with Crippen molar-refractivity contribution >= 4 is 11.8 Å². The highest BCUT2D eigenvalue weighted by molar-refractivity contribution is 7.98. The van der Waals surface area contributed by atoms with E-state index in [1.54, 1.807) is 11.8 Å². The minimum Gasteiger partial charge on any atom is -0.488 e. The summed E-state index contributed by atoms with van der Waals surface area (Å²) in [6, 6.07) is 14.2. The summed E-state index contributed by atoms with van der Waals surface area (Å²) in [7, 11) is 0. The number of aromatic nitrogens is 1. The molecule has 0 bridgehead atoms. The molecule has 0 unspecified atom stereocenters. The number of thioether (sulfide) groups is 1. The van der Waals surface area contributed by atoms with Crippen LogP contribution in [0.1, 0.15) is 11.5 Å². The Morgan fingerprint density at radius 2 is 1.79 bits per heavy atom. The molecule has 0 aliphatic carbocycles. The van der Waals surface area contributed by atoms with Gasteiger partial charge in [0, 0.05) is 24.8 Å². The van der Waals surface area contributed by atoms with Crippen LogP contribution in [-0.2, 0) is 12.7 Å². The number of benzene rings is 1. The monoisotopic (exact) mass is 420 g/mol. The fraction of sp³-hybridized carbons (Fsp3) is 0.286. The number of ether oxygens (including phenoxy) is 1. The Balaban J connectivity index is 1.27. The van der Waals surface area contributed by atoms with Crippen molar-refractivity contribution in [1.82, 2.24) is 9.88 Å². The van der Waals surface area contributed by atoms with Crippen LogP contribution >= 0.6 is 11.8 Å². The van der Waals surface area contributed by atoms with E-state index in [-0.39, 0.29) is 6.10 Å². The average Bonchev–Trinajstić information content (AvgIpc) is 3.16. The molecule has 4 nitrogen and oxygen atoms in total. The molecule has 0 saturated carbocycles. The lowest BCUT2D eigenvalue weighted by atomic mass is 10.1. The zero-order valence-corrected chi connectivity index (χ0v) is 16.5. The maximum Gasteiger partial charge on any atom is 0.449 e. The molecule has 4 rings (SSSR count). The minimum atomic E-state index is -4.45. The van der Waals surface area contributed by atoms with Crippen LogP contribution < -0.4 is 4.74 Å². The van der Waals surface area contributed by atoms with E-state index in [9.17, 15) is 13.2 Å². The fourth-order valence-electron chi connectivity index (χ4n) is 3.15. The highest BCUT2D eigenvalue weighted by Crippen LogP contribution is 2.31. The van der Waals surface area contributed by atoms with Crippen LogP contribution in [0.4, 0.5) is 13.2 Å². The van der Waals surface area contributed by atoms with Crippen LogP contribution in [0.2, 0.25) is 0 Å². The number of halogens is 3. The molecular weight excluding hydrogens is 401 g/mol. The van der Waals surface area contributed by atoms with Crippen molar-refractivity contribution in [2.24, 2.45) is 0 Å². The van der Waals surface area contributed by atoms with Gasteiger partial charge in [-0.15, -0.1) is 11.8 Å². The summed E-state index contributed by atoms with van der Waals surface area (Å²) in [6.07, 6.45) is -0.590. The highest BCUT2D eigenvalue weighted by atomic mass is 32.2. The minimum absolute atomic E-state index is 0.0143. The lowest BCUT2D eigenvalue weighted by Crippen LogP contribution is -2.52. The molecule has 0 radical (unpaired) electrons. The second-order valence-corrected chi connectivity index (χ2v) is 7.64. The van der Waals surface area contributed by atoms with Gasteiger partial charge in [0.05, 0.1) is 11.6 Å². The lowest BCUT2D eigenvalue weighted by molar-refractivity contribution is -0.153. The SMILES string of the molecule is CSc1ccc(-c2ccc(OC3CN(Cc4ccc(C(F)(F)F)o4)C3)cc2)cn1. The van der Waals surface area contributed by atoms with Crippen molar-refractivity contribution < 1.29 is 22.3 Å². The smallest absolute Gasteiger partial charge is 0.449 e. The number of alkyl halides is 3. The van der Waals surface area contributed by atoms with Crippen molar-refractivity contribution in [3.8, 4) is 16.9 Å². The van der Waals surface area contributed by atoms with Crippen molar-refractivity contribution in [1.29, 1.82) is 0 Å². The zero-order valence-electron chi connectivity index (χ0n) is 15.6. The molecule has 152 valence electrons. The lowest BCUT2D eigenvalue weighted by Gasteiger charge is -2.38. The molecule has 8 heteroatoms. The van der Waals surface area contributed by atoms with Gasteiger partial charge in [0.15, 0.2) is 0 Å². The number of nitrogens with zero attached hydrogens (tertiary/aromatic N) is 2. The van der Waals surface area contributed by atoms with Gasteiger partial charge in [-0.25, -0.2) is 4.98 Å². The van der Waals surface area contributed by atoms with Crippen molar-refractivity contribution in [2.45, 2.75) is 23.9 Å². The van der Waals surface area contributed by atoms with Gasteiger partial charge < -0.3 is 9.15 Å². The Hall–Kier alpha value is -2.45. The van der Waals surface area contributed by atoms with Gasteiger partial charge in [-0.1, -0.05) is 18.2 Å². The molecule has 3 heterocycles. The normalized spacial score (nSPS) is 15.3. The van der Waals surface area contributed by atoms with Crippen LogP contribution in [0.25, 0.3) is 11.1 Å². The van der Waals surface area contributed by atoms with Gasteiger partial charge in [0.25, 0.3) is 0 Å². The van der Waals surface area contributed by atoms with Gasteiger partial charge in [-0.05, 0) is 42.2 Å². The number of hydrogen-bond donors (Lipinski definition) is 0. The van der Waals surface area contributed by atoms with E-state index in [1.165, 1.54) is 6.07 Å². The maximum absolute atomic E-state index is 12.6. The van der Waals surface area contributed by atoms with Gasteiger partial charge in [0.1, 0.15) is 17.6 Å². The number of likely N-dealkylation sites (tertiary alicyclic amines) is 1. The Morgan fingerprint density at radius 1 is 1.07 bits per heavy atom. The molecule has 1 aliphatic rings. The molecular formula is C21H19F3N2O2S. The molecule has 3 aromatic rings. The first-order valence-electron chi connectivity index (χ1n) is 9.06. The maximum atomic E-state index is 12.6. The topological polar surface area (TPSA) is 38.5 Å². The Morgan fingerprint density at radius 3 is 2.38 bits per heavy atom. The number of furan rings is 1. The van der Waals surface area contributed by atoms with E-state index in [0.29, 0.717) is 25.4 Å². The Kier molecular flexibility index (Phi) is 5.56. The largest absolute Gasteiger partial charge is 0.488 e. The predicted molar refractivity (Wildman–Crippen MR) is 105 cm³/mol. The van der Waals surface area contributed by atoms with E-state index >= 15 is 0 Å². The third kappa shape index (κ3) is 4.76. The quantitative estimate of drug-likeness (QED) is 0.503. The number of rotatable bonds is 6. The Labute approximate surface area is 170 Å². The molecule has 0 atom stereocenters. The fourth-order valence-corrected chi connectivity index (χ4v) is 3.51. The van der Waals surface area contributed by atoms with E-state index in [4.69, 9.17) is 9.15 Å². The van der Waals surface area contributed by atoms with Crippen molar-refractivity contribution in [3.05, 3.63) is 66.2 Å². The van der Waals surface area contributed by atoms with Crippen LogP contribution in [-0.4, -0.2) is 35.3 Å². The first-order valence-corrected chi connectivity index (χ1v) is 10.3. The summed E-state index contributed by atoms with van der Waals surface area (Å²) in [5.74, 6) is 0.116. The summed E-state index contributed by atoms with van der Waals surface area (Å²) >= 11 is 1.60. The molecule has 1 aliphatic heterocycles. The van der Waals surface area contributed by atoms with Gasteiger partial charge >= 0.3 is 6.18 Å². The highest BCUT2D eigenvalue weighted by Gasteiger charge is 2.35. The van der Waals surface area contributed by atoms with E-state index in [1.807, 2.05) is 53.8 Å². The Bertz CT molecular complexity index is 949. The molecule has 1 fully saturated rings. The van der Waals surface area contributed by atoms with E-state index in [2.05, 4.69) is 4.98 Å². The van der Waals surface area contributed by atoms with E-state index < -0.39 is 11.9 Å². The molecule has 29 heavy (non-hydrogen) atoms. The average molecular weight is 420 g/mol. The summed E-state index contributed by atoms with van der Waals surface area (Å²) in [6.45, 7) is 1.63. The molecule has 1 saturated heterocycles. The molecule has 1 aromatic carbocycles. The zero-order chi connectivity index (χ0) is 20.4. The first-order chi connectivity index (χ1) is 13.9. The first kappa shape index (κ1) is 19.8. The van der Waals surface area contributed by atoms with Crippen LogP contribution in [0.3, 0.4) is 0 Å². The molecule has 0 N–H and O–H groups in total. The van der Waals surface area contributed by atoms with Crippen LogP contribution in [0.5, 0.6) is 5.75 Å². The molecule has 0 amide bonds. The van der Waals surface area contributed by atoms with Crippen molar-refractivity contribution in [3.63, 3.8) is 0 Å². The number of pyridine rings is 1. The third-order valence-electron chi connectivity index (χ3n) is 4.68. The van der Waals surface area contributed by atoms with Gasteiger partial charge in [-0.2, -0.15) is 13.2 Å². The van der Waals surface area contributed by atoms with Crippen LogP contribution in [0.15, 0.2) is 64.2 Å². The third-order valence-corrected chi connectivity index (χ3v) is 5.34. The molecule has 0 spiro atoms. The summed E-state index contributed by atoms with van der Waals surface area (Å²) in [5, 5.41) is 0.979. The van der Waals surface area contributed by atoms with E-state index in [0.717, 1.165) is 28.0 Å². The summed E-state index contributed by atoms with van der Waals surface area (Å²) in [5.41, 5.74) is 2.10. The number of hydrogen-bond acceptors (Lipinski definition) is 5. The summed E-state index contributed by atoms with van der Waals surface area (Å²) < 4.78 is 48.5. The van der Waals surface area contributed by atoms with Crippen molar-refractivity contribution in [2.75, 3.05) is 19.3 Å². The molecule has 2 aromatic heterocycles. The standard InChI is InChI=1S/C21H19F3N2O2S/c1-29-20-9-4-15(10-25-20)14-2-5-16(6-3-14)27-18-12-26(13-18)11-17-7-8-19(28-17)21(22,23)24/h2-10,18H,11-13H2,1H3. The second-order valence-electron chi connectivity index (χ2n) is 6.81. The van der Waals surface area contributed by atoms with Crippen LogP contribution in [0, 0.1) is 0 Å². The predicted octanol–water partition coefficient (Wildman–Crippen LogP) is 5.35. The summed E-state index contributed by atoms with van der Waals surface area (Å²) in [4.78, 5) is 6.36. The van der Waals surface area contributed by atoms with Gasteiger partial charge in [0.2, 0.25) is 5.76 Å².